The number of fused-ring (bicyclic) bond motifs is 1. The zero-order valence-electron chi connectivity index (χ0n) is 32.9. The molecule has 2 aliphatic rings. The maximum Gasteiger partial charge on any atom is 0.262 e. The Bertz CT molecular complexity index is 1590. The molecule has 11 heteroatoms. The lowest BCUT2D eigenvalue weighted by Gasteiger charge is -2.44. The van der Waals surface area contributed by atoms with Crippen molar-refractivity contribution >= 4 is 48.1 Å². The largest absolute Gasteiger partial charge is 0.397 e. The minimum absolute atomic E-state index is 0.151. The number of nitrogens with zero attached hydrogens (tertiary/aromatic N) is 1. The van der Waals surface area contributed by atoms with Crippen LogP contribution in [0, 0.1) is 5.92 Å². The Hall–Kier alpha value is -4.09. The zero-order valence-corrected chi connectivity index (χ0v) is 33.9. The van der Waals surface area contributed by atoms with Crippen molar-refractivity contribution in [2.45, 2.75) is 135 Å². The van der Waals surface area contributed by atoms with E-state index in [1.807, 2.05) is 50.2 Å². The summed E-state index contributed by atoms with van der Waals surface area (Å²) in [6.45, 7) is 16.0. The quantitative estimate of drug-likeness (QED) is 0.157. The molecule has 0 saturated carbocycles. The molecule has 0 radical (unpaired) electrons. The lowest BCUT2D eigenvalue weighted by Crippen LogP contribution is -2.68. The predicted molar refractivity (Wildman–Crippen MR) is 211 cm³/mol. The standard InChI is InChI=1S/C42H60N4O6Si/c1-9-29(3)36-39(50)46-28-20-26-34(46)38(49)43-33(37(48)45-42(8,10-2)40(51)44-36)25-18-13-19-27-35(47)30(4)52-53(41(5,6)7,31-21-14-11-15-22-31)32-23-16-12-17-24-32/h11-12,14-17,19,21-24,27,29-30,33-34,36H,9-10,13,18,20,25-26,28H2,1-8H3,(H,43,49)(H,44,51)(H,45,48)/b27-19+/t29-,30+,33-,34+,36-,42-/m0/s1. The second kappa shape index (κ2) is 17.8. The highest BCUT2D eigenvalue weighted by atomic mass is 28.4. The maximum absolute atomic E-state index is 13.8. The Balaban J connectivity index is 1.48. The van der Waals surface area contributed by atoms with Gasteiger partial charge in [-0.3, -0.25) is 24.0 Å². The van der Waals surface area contributed by atoms with Gasteiger partial charge in [0.15, 0.2) is 5.78 Å². The normalized spacial score (nSPS) is 24.4. The van der Waals surface area contributed by atoms with E-state index in [2.05, 4.69) is 61.0 Å². The van der Waals surface area contributed by atoms with Gasteiger partial charge in [-0.05, 0) is 79.8 Å². The summed E-state index contributed by atoms with van der Waals surface area (Å²) in [5.41, 5.74) is -1.29. The van der Waals surface area contributed by atoms with Gasteiger partial charge < -0.3 is 25.3 Å². The Kier molecular flexibility index (Phi) is 14.0. The molecule has 10 nitrogen and oxygen atoms in total. The molecule has 3 N–H and O–H groups in total. The number of amides is 4. The summed E-state index contributed by atoms with van der Waals surface area (Å²) in [5, 5.41) is 10.7. The molecule has 0 aromatic heterocycles. The van der Waals surface area contributed by atoms with Crippen molar-refractivity contribution in [2.75, 3.05) is 6.54 Å². The van der Waals surface area contributed by atoms with E-state index in [1.54, 1.807) is 37.8 Å². The van der Waals surface area contributed by atoms with E-state index in [0.29, 0.717) is 38.6 Å². The second-order valence-electron chi connectivity index (χ2n) is 15.9. The molecule has 2 saturated heterocycles. The van der Waals surface area contributed by atoms with Crippen LogP contribution in [0.4, 0.5) is 0 Å². The van der Waals surface area contributed by atoms with Gasteiger partial charge in [0.05, 0.1) is 0 Å². The number of allylic oxidation sites excluding steroid dienone is 1. The second-order valence-corrected chi connectivity index (χ2v) is 20.2. The summed E-state index contributed by atoms with van der Waals surface area (Å²) in [6.07, 6.45) is 5.98. The third-order valence-electron chi connectivity index (χ3n) is 11.2. The van der Waals surface area contributed by atoms with Crippen molar-refractivity contribution in [1.29, 1.82) is 0 Å². The van der Waals surface area contributed by atoms with Crippen LogP contribution in [0.15, 0.2) is 72.8 Å². The van der Waals surface area contributed by atoms with Crippen LogP contribution < -0.4 is 26.3 Å². The molecule has 2 aliphatic heterocycles. The molecule has 2 aromatic carbocycles. The monoisotopic (exact) mass is 744 g/mol. The van der Waals surface area contributed by atoms with Crippen molar-refractivity contribution in [3.8, 4) is 0 Å². The smallest absolute Gasteiger partial charge is 0.262 e. The molecule has 2 aromatic rings. The average molecular weight is 745 g/mol. The van der Waals surface area contributed by atoms with Crippen LogP contribution >= 0.6 is 0 Å². The number of ketones is 1. The fraction of sp³-hybridized carbons (Fsp3) is 0.548. The van der Waals surface area contributed by atoms with Crippen LogP contribution in [0.2, 0.25) is 5.04 Å². The van der Waals surface area contributed by atoms with E-state index < -0.39 is 49.9 Å². The molecule has 0 aliphatic carbocycles. The first-order valence-electron chi connectivity index (χ1n) is 19.3. The summed E-state index contributed by atoms with van der Waals surface area (Å²) >= 11 is 0. The molecule has 53 heavy (non-hydrogen) atoms. The van der Waals surface area contributed by atoms with Crippen molar-refractivity contribution in [2.24, 2.45) is 5.92 Å². The minimum atomic E-state index is -2.93. The van der Waals surface area contributed by atoms with Gasteiger partial charge in [0.2, 0.25) is 23.6 Å². The number of hydrogen-bond donors (Lipinski definition) is 3. The van der Waals surface area contributed by atoms with Crippen molar-refractivity contribution in [3.05, 3.63) is 72.8 Å². The first-order valence-corrected chi connectivity index (χ1v) is 21.2. The zero-order chi connectivity index (χ0) is 39.0. The van der Waals surface area contributed by atoms with Gasteiger partial charge in [-0.2, -0.15) is 0 Å². The number of rotatable bonds is 13. The number of carbonyl (C=O) groups is 5. The van der Waals surface area contributed by atoms with E-state index in [-0.39, 0.29) is 41.4 Å². The van der Waals surface area contributed by atoms with E-state index >= 15 is 0 Å². The molecule has 0 spiro atoms. The average Bonchev–Trinajstić information content (AvgIpc) is 3.64. The van der Waals surface area contributed by atoms with Gasteiger partial charge in [-0.25, -0.2) is 0 Å². The highest BCUT2D eigenvalue weighted by Crippen LogP contribution is 2.37. The lowest BCUT2D eigenvalue weighted by molar-refractivity contribution is -0.145. The first kappa shape index (κ1) is 41.7. The minimum Gasteiger partial charge on any atom is -0.397 e. The Morgan fingerprint density at radius 2 is 1.57 bits per heavy atom. The van der Waals surface area contributed by atoms with Gasteiger partial charge in [0, 0.05) is 6.54 Å². The number of benzene rings is 2. The van der Waals surface area contributed by atoms with Crippen LogP contribution in [0.3, 0.4) is 0 Å². The molecular formula is C42H60N4O6Si. The molecular weight excluding hydrogens is 685 g/mol. The predicted octanol–water partition coefficient (Wildman–Crippen LogP) is 4.55. The number of unbranched alkanes of at least 4 members (excludes halogenated alkanes) is 1. The molecule has 0 unspecified atom stereocenters. The molecule has 4 amide bonds. The van der Waals surface area contributed by atoms with Crippen molar-refractivity contribution in [1.82, 2.24) is 20.9 Å². The van der Waals surface area contributed by atoms with Crippen LogP contribution in [0.1, 0.15) is 100 Å². The summed E-state index contributed by atoms with van der Waals surface area (Å²) in [4.78, 5) is 70.0. The highest BCUT2D eigenvalue weighted by molar-refractivity contribution is 6.99. The van der Waals surface area contributed by atoms with E-state index in [1.165, 1.54) is 0 Å². The van der Waals surface area contributed by atoms with Gasteiger partial charge in [0.1, 0.15) is 29.8 Å². The SMILES string of the molecule is CC[C@H](C)[C@@H]1NC(=O)[C@](C)(CC)NC(=O)[C@H](CCC/C=C/C(=O)[C@@H](C)O[Si](c2ccccc2)(c2ccccc2)C(C)(C)C)NC(=O)[C@H]2CCCN2C1=O. The summed E-state index contributed by atoms with van der Waals surface area (Å²) in [5.74, 6) is -1.83. The van der Waals surface area contributed by atoms with Crippen molar-refractivity contribution < 1.29 is 28.4 Å². The molecule has 0 bridgehead atoms. The van der Waals surface area contributed by atoms with Crippen LogP contribution in [0.25, 0.3) is 0 Å². The first-order chi connectivity index (χ1) is 25.1. The summed E-state index contributed by atoms with van der Waals surface area (Å²) < 4.78 is 6.97. The molecule has 6 atom stereocenters. The number of carbonyl (C=O) groups excluding carboxylic acids is 5. The molecule has 4 rings (SSSR count). The molecule has 2 fully saturated rings. The molecule has 2 heterocycles. The summed E-state index contributed by atoms with van der Waals surface area (Å²) in [6, 6.07) is 17.9. The topological polar surface area (TPSA) is 134 Å². The number of hydrogen-bond acceptors (Lipinski definition) is 6. The molecule has 288 valence electrons. The fourth-order valence-corrected chi connectivity index (χ4v) is 12.1. The maximum atomic E-state index is 13.8. The van der Waals surface area contributed by atoms with E-state index in [9.17, 15) is 24.0 Å². The van der Waals surface area contributed by atoms with E-state index in [4.69, 9.17) is 4.43 Å². The Morgan fingerprint density at radius 3 is 2.11 bits per heavy atom. The fourth-order valence-electron chi connectivity index (χ4n) is 7.46. The lowest BCUT2D eigenvalue weighted by atomic mass is 9.92. The van der Waals surface area contributed by atoms with Crippen LogP contribution in [-0.2, 0) is 28.4 Å². The van der Waals surface area contributed by atoms with Gasteiger partial charge in [-0.1, -0.05) is 115 Å². The Labute approximate surface area is 317 Å². The van der Waals surface area contributed by atoms with Gasteiger partial charge >= 0.3 is 0 Å². The third-order valence-corrected chi connectivity index (χ3v) is 16.3. The van der Waals surface area contributed by atoms with Crippen LogP contribution in [-0.4, -0.2) is 78.9 Å². The number of nitrogens with one attached hydrogen (secondary N) is 3. The van der Waals surface area contributed by atoms with Crippen LogP contribution in [0.5, 0.6) is 0 Å². The third kappa shape index (κ3) is 9.35. The van der Waals surface area contributed by atoms with Gasteiger partial charge in [0.25, 0.3) is 8.32 Å². The van der Waals surface area contributed by atoms with Crippen molar-refractivity contribution in [3.63, 3.8) is 0 Å². The van der Waals surface area contributed by atoms with Gasteiger partial charge in [-0.15, -0.1) is 0 Å². The van der Waals surface area contributed by atoms with E-state index in [0.717, 1.165) is 10.4 Å². The summed E-state index contributed by atoms with van der Waals surface area (Å²) in [7, 11) is -2.93. The Morgan fingerprint density at radius 1 is 0.962 bits per heavy atom. The highest BCUT2D eigenvalue weighted by Gasteiger charge is 2.51.